The molecular weight excluding hydrogens is 220 g/mol. The van der Waals surface area contributed by atoms with Crippen molar-refractivity contribution in [3.63, 3.8) is 0 Å². The normalized spacial score (nSPS) is 10.8. The van der Waals surface area contributed by atoms with Gasteiger partial charge in [0.25, 0.3) is 0 Å². The van der Waals surface area contributed by atoms with E-state index in [1.807, 2.05) is 19.1 Å². The van der Waals surface area contributed by atoms with Crippen LogP contribution in [-0.2, 0) is 0 Å². The molecule has 0 bridgehead atoms. The molecule has 0 aliphatic heterocycles. The van der Waals surface area contributed by atoms with E-state index in [1.54, 1.807) is 0 Å². The highest BCUT2D eigenvalue weighted by Gasteiger charge is 2.08. The Kier molecular flexibility index (Phi) is 5.61. The Bertz CT molecular complexity index is 320. The van der Waals surface area contributed by atoms with Gasteiger partial charge in [-0.15, -0.1) is 0 Å². The summed E-state index contributed by atoms with van der Waals surface area (Å²) in [4.78, 5) is 4.25. The molecule has 0 aliphatic rings. The molecular formula is C13H21ClN2. The molecule has 0 aliphatic carbocycles. The standard InChI is InChI=1S/C13H21ClN2/c1-4-6-11(7-5-2)16-12-8-9-13(14)15-10(12)3/h8-9,11,16H,4-7H2,1-3H3. The van der Waals surface area contributed by atoms with Gasteiger partial charge in [0.1, 0.15) is 5.15 Å². The quantitative estimate of drug-likeness (QED) is 0.745. The molecule has 0 amide bonds. The number of nitrogens with zero attached hydrogens (tertiary/aromatic N) is 1. The van der Waals surface area contributed by atoms with Crippen molar-refractivity contribution in [2.45, 2.75) is 52.5 Å². The van der Waals surface area contributed by atoms with Crippen LogP contribution in [0.2, 0.25) is 5.15 Å². The first-order valence-corrected chi connectivity index (χ1v) is 6.44. The lowest BCUT2D eigenvalue weighted by molar-refractivity contribution is 0.585. The molecule has 1 heterocycles. The van der Waals surface area contributed by atoms with Crippen LogP contribution in [0.4, 0.5) is 5.69 Å². The number of hydrogen-bond donors (Lipinski definition) is 1. The van der Waals surface area contributed by atoms with Crippen LogP contribution in [-0.4, -0.2) is 11.0 Å². The second-order valence-electron chi connectivity index (χ2n) is 4.19. The molecule has 2 nitrogen and oxygen atoms in total. The molecule has 0 aromatic carbocycles. The summed E-state index contributed by atoms with van der Waals surface area (Å²) in [6.45, 7) is 6.43. The Labute approximate surface area is 103 Å². The van der Waals surface area contributed by atoms with Crippen LogP contribution in [0.5, 0.6) is 0 Å². The third-order valence-electron chi connectivity index (χ3n) is 2.69. The highest BCUT2D eigenvalue weighted by molar-refractivity contribution is 6.29. The van der Waals surface area contributed by atoms with Gasteiger partial charge in [0, 0.05) is 6.04 Å². The molecule has 0 fully saturated rings. The summed E-state index contributed by atoms with van der Waals surface area (Å²) in [5.74, 6) is 0. The summed E-state index contributed by atoms with van der Waals surface area (Å²) < 4.78 is 0. The summed E-state index contributed by atoms with van der Waals surface area (Å²) in [7, 11) is 0. The summed E-state index contributed by atoms with van der Waals surface area (Å²) in [6, 6.07) is 4.41. The molecule has 3 heteroatoms. The van der Waals surface area contributed by atoms with Crippen LogP contribution in [0.3, 0.4) is 0 Å². The van der Waals surface area contributed by atoms with Crippen LogP contribution in [0, 0.1) is 6.92 Å². The second kappa shape index (κ2) is 6.74. The van der Waals surface area contributed by atoms with Gasteiger partial charge in [0.05, 0.1) is 11.4 Å². The highest BCUT2D eigenvalue weighted by atomic mass is 35.5. The van der Waals surface area contributed by atoms with Gasteiger partial charge in [-0.1, -0.05) is 38.3 Å². The molecule has 0 unspecified atom stereocenters. The van der Waals surface area contributed by atoms with E-state index in [2.05, 4.69) is 24.1 Å². The summed E-state index contributed by atoms with van der Waals surface area (Å²) in [6.07, 6.45) is 4.82. The third kappa shape index (κ3) is 4.01. The first-order chi connectivity index (χ1) is 7.67. The zero-order chi connectivity index (χ0) is 12.0. The Morgan fingerprint density at radius 2 is 1.88 bits per heavy atom. The maximum Gasteiger partial charge on any atom is 0.129 e. The smallest absolute Gasteiger partial charge is 0.129 e. The maximum atomic E-state index is 5.84. The van der Waals surface area contributed by atoms with Crippen molar-refractivity contribution in [3.05, 3.63) is 23.0 Å². The van der Waals surface area contributed by atoms with Crippen LogP contribution in [0.15, 0.2) is 12.1 Å². The number of halogens is 1. The molecule has 16 heavy (non-hydrogen) atoms. The minimum Gasteiger partial charge on any atom is -0.381 e. The lowest BCUT2D eigenvalue weighted by Crippen LogP contribution is -2.19. The molecule has 0 saturated carbocycles. The van der Waals surface area contributed by atoms with Gasteiger partial charge in [0.15, 0.2) is 0 Å². The summed E-state index contributed by atoms with van der Waals surface area (Å²) in [5, 5.41) is 4.12. The van der Waals surface area contributed by atoms with E-state index in [1.165, 1.54) is 25.7 Å². The van der Waals surface area contributed by atoms with Crippen molar-refractivity contribution >= 4 is 17.3 Å². The monoisotopic (exact) mass is 240 g/mol. The molecule has 0 saturated heterocycles. The van der Waals surface area contributed by atoms with Crippen molar-refractivity contribution in [2.24, 2.45) is 0 Å². The van der Waals surface area contributed by atoms with Crippen molar-refractivity contribution in [3.8, 4) is 0 Å². The van der Waals surface area contributed by atoms with Crippen molar-refractivity contribution < 1.29 is 0 Å². The fourth-order valence-corrected chi connectivity index (χ4v) is 2.08. The number of aryl methyl sites for hydroxylation is 1. The number of anilines is 1. The predicted molar refractivity (Wildman–Crippen MR) is 71.2 cm³/mol. The van der Waals surface area contributed by atoms with Gasteiger partial charge < -0.3 is 5.32 Å². The number of nitrogens with one attached hydrogen (secondary N) is 1. The van der Waals surface area contributed by atoms with E-state index in [0.717, 1.165) is 11.4 Å². The lowest BCUT2D eigenvalue weighted by atomic mass is 10.1. The van der Waals surface area contributed by atoms with Gasteiger partial charge >= 0.3 is 0 Å². The van der Waals surface area contributed by atoms with Crippen LogP contribution in [0.25, 0.3) is 0 Å². The molecule has 0 spiro atoms. The van der Waals surface area contributed by atoms with E-state index < -0.39 is 0 Å². The average molecular weight is 241 g/mol. The van der Waals surface area contributed by atoms with Gasteiger partial charge in [-0.05, 0) is 31.9 Å². The predicted octanol–water partition coefficient (Wildman–Crippen LogP) is 4.42. The van der Waals surface area contributed by atoms with Crippen molar-refractivity contribution in [1.82, 2.24) is 4.98 Å². The van der Waals surface area contributed by atoms with E-state index >= 15 is 0 Å². The summed E-state index contributed by atoms with van der Waals surface area (Å²) >= 11 is 5.84. The number of hydrogen-bond acceptors (Lipinski definition) is 2. The minimum atomic E-state index is 0.552. The van der Waals surface area contributed by atoms with Crippen LogP contribution in [0.1, 0.15) is 45.2 Å². The lowest BCUT2D eigenvalue weighted by Gasteiger charge is -2.19. The van der Waals surface area contributed by atoms with Crippen LogP contribution >= 0.6 is 11.6 Å². The molecule has 0 radical (unpaired) electrons. The highest BCUT2D eigenvalue weighted by Crippen LogP contribution is 2.19. The fourth-order valence-electron chi connectivity index (χ4n) is 1.89. The zero-order valence-electron chi connectivity index (χ0n) is 10.4. The van der Waals surface area contributed by atoms with Gasteiger partial charge in [0.2, 0.25) is 0 Å². The Morgan fingerprint density at radius 1 is 1.25 bits per heavy atom. The number of aromatic nitrogens is 1. The molecule has 90 valence electrons. The van der Waals surface area contributed by atoms with E-state index in [4.69, 9.17) is 11.6 Å². The van der Waals surface area contributed by atoms with Crippen LogP contribution < -0.4 is 5.32 Å². The molecule has 1 aromatic heterocycles. The van der Waals surface area contributed by atoms with Gasteiger partial charge in [-0.2, -0.15) is 0 Å². The number of rotatable bonds is 6. The Morgan fingerprint density at radius 3 is 2.38 bits per heavy atom. The molecule has 1 N–H and O–H groups in total. The molecule has 0 atom stereocenters. The first-order valence-electron chi connectivity index (χ1n) is 6.07. The molecule has 1 rings (SSSR count). The van der Waals surface area contributed by atoms with Crippen molar-refractivity contribution in [2.75, 3.05) is 5.32 Å². The minimum absolute atomic E-state index is 0.552. The SMILES string of the molecule is CCCC(CCC)Nc1ccc(Cl)nc1C. The maximum absolute atomic E-state index is 5.84. The fraction of sp³-hybridized carbons (Fsp3) is 0.615. The largest absolute Gasteiger partial charge is 0.381 e. The third-order valence-corrected chi connectivity index (χ3v) is 2.90. The van der Waals surface area contributed by atoms with E-state index in [9.17, 15) is 0 Å². The summed E-state index contributed by atoms with van der Waals surface area (Å²) in [5.41, 5.74) is 2.08. The first kappa shape index (κ1) is 13.3. The Balaban J connectivity index is 2.68. The van der Waals surface area contributed by atoms with Gasteiger partial charge in [-0.25, -0.2) is 4.98 Å². The molecule has 1 aromatic rings. The van der Waals surface area contributed by atoms with E-state index in [-0.39, 0.29) is 0 Å². The van der Waals surface area contributed by atoms with E-state index in [0.29, 0.717) is 11.2 Å². The second-order valence-corrected chi connectivity index (χ2v) is 4.57. The van der Waals surface area contributed by atoms with Gasteiger partial charge in [-0.3, -0.25) is 0 Å². The number of pyridine rings is 1. The van der Waals surface area contributed by atoms with Crippen molar-refractivity contribution in [1.29, 1.82) is 0 Å². The topological polar surface area (TPSA) is 24.9 Å². The zero-order valence-corrected chi connectivity index (χ0v) is 11.1. The average Bonchev–Trinajstić information content (AvgIpc) is 2.23. The Hall–Kier alpha value is -0.760.